The van der Waals surface area contributed by atoms with Gasteiger partial charge in [-0.15, -0.1) is 0 Å². The van der Waals surface area contributed by atoms with Gasteiger partial charge in [-0.3, -0.25) is 9.20 Å². The zero-order chi connectivity index (χ0) is 22.2. The molecule has 0 atom stereocenters. The maximum atomic E-state index is 13.3. The third kappa shape index (κ3) is 4.13. The van der Waals surface area contributed by atoms with E-state index < -0.39 is 28.2 Å². The molecular formula is C21H19ClF3N3O3. The number of nitrogens with one attached hydrogen (secondary N) is 1. The summed E-state index contributed by atoms with van der Waals surface area (Å²) in [4.78, 5) is 17.4. The number of imidazole rings is 1. The Kier molecular flexibility index (Phi) is 5.67. The molecule has 0 saturated carbocycles. The lowest BCUT2D eigenvalue weighted by atomic mass is 9.91. The number of aromatic nitrogens is 2. The smallest absolute Gasteiger partial charge is 0.394 e. The number of fused-ring (bicyclic) bond motifs is 1. The Morgan fingerprint density at radius 3 is 2.68 bits per heavy atom. The van der Waals surface area contributed by atoms with Crippen molar-refractivity contribution in [1.29, 1.82) is 0 Å². The number of carbonyl (C=O) groups excluding carboxylic acids is 1. The first kappa shape index (κ1) is 21.6. The maximum absolute atomic E-state index is 13.3. The van der Waals surface area contributed by atoms with Gasteiger partial charge in [-0.05, 0) is 37.1 Å². The lowest BCUT2D eigenvalue weighted by Crippen LogP contribution is -2.54. The predicted molar refractivity (Wildman–Crippen MR) is 108 cm³/mol. The summed E-state index contributed by atoms with van der Waals surface area (Å²) in [6.45, 7) is 0.545. The van der Waals surface area contributed by atoms with Gasteiger partial charge in [0.25, 0.3) is 5.91 Å². The van der Waals surface area contributed by atoms with Gasteiger partial charge in [-0.25, -0.2) is 4.98 Å². The van der Waals surface area contributed by atoms with Gasteiger partial charge in [0.1, 0.15) is 0 Å². The molecule has 0 bridgehead atoms. The molecule has 1 aliphatic rings. The second kappa shape index (κ2) is 8.14. The van der Waals surface area contributed by atoms with Gasteiger partial charge < -0.3 is 15.2 Å². The van der Waals surface area contributed by atoms with Crippen molar-refractivity contribution in [2.45, 2.75) is 24.6 Å². The summed E-state index contributed by atoms with van der Waals surface area (Å²) >= 11 is 5.74. The van der Waals surface area contributed by atoms with Crippen molar-refractivity contribution in [3.05, 3.63) is 59.0 Å². The number of carbonyl (C=O) groups is 1. The van der Waals surface area contributed by atoms with Crippen molar-refractivity contribution in [2.24, 2.45) is 0 Å². The molecular weight excluding hydrogens is 435 g/mol. The Morgan fingerprint density at radius 2 is 2.00 bits per heavy atom. The molecule has 0 spiro atoms. The highest BCUT2D eigenvalue weighted by Gasteiger charge is 2.36. The average Bonchev–Trinajstić information content (AvgIpc) is 3.14. The number of pyridine rings is 1. The average molecular weight is 454 g/mol. The lowest BCUT2D eigenvalue weighted by Gasteiger charge is -2.36. The Hall–Kier alpha value is -2.62. The number of halogens is 4. The lowest BCUT2D eigenvalue weighted by molar-refractivity contribution is -0.137. The number of aliphatic hydroxyl groups is 1. The summed E-state index contributed by atoms with van der Waals surface area (Å²) in [7, 11) is 0. The van der Waals surface area contributed by atoms with E-state index in [4.69, 9.17) is 16.3 Å². The highest BCUT2D eigenvalue weighted by molar-refractivity contribution is 6.31. The van der Waals surface area contributed by atoms with E-state index in [1.54, 1.807) is 24.4 Å². The monoisotopic (exact) mass is 453 g/mol. The second-order valence-corrected chi connectivity index (χ2v) is 7.84. The van der Waals surface area contributed by atoms with E-state index in [-0.39, 0.29) is 23.7 Å². The Labute approximate surface area is 180 Å². The maximum Gasteiger partial charge on any atom is 0.417 e. The van der Waals surface area contributed by atoms with Crippen LogP contribution in [0.1, 0.15) is 29.0 Å². The molecule has 1 aliphatic heterocycles. The van der Waals surface area contributed by atoms with E-state index in [0.29, 0.717) is 31.6 Å². The second-order valence-electron chi connectivity index (χ2n) is 7.44. The number of nitrogens with zero attached hydrogens (tertiary/aromatic N) is 2. The summed E-state index contributed by atoms with van der Waals surface area (Å²) in [6.07, 6.45) is -2.13. The summed E-state index contributed by atoms with van der Waals surface area (Å²) < 4.78 is 46.8. The van der Waals surface area contributed by atoms with Crippen LogP contribution in [0.3, 0.4) is 0 Å². The number of aliphatic hydroxyl groups excluding tert-OH is 1. The van der Waals surface area contributed by atoms with Gasteiger partial charge in [0.15, 0.2) is 0 Å². The minimum Gasteiger partial charge on any atom is -0.394 e. The van der Waals surface area contributed by atoms with Crippen molar-refractivity contribution in [3.8, 4) is 11.3 Å². The van der Waals surface area contributed by atoms with Gasteiger partial charge in [0.2, 0.25) is 5.82 Å². The number of alkyl halides is 3. The van der Waals surface area contributed by atoms with Gasteiger partial charge in [0, 0.05) is 25.0 Å². The van der Waals surface area contributed by atoms with E-state index in [2.05, 4.69) is 10.3 Å². The predicted octanol–water partition coefficient (Wildman–Crippen LogP) is 3.94. The number of ether oxygens (including phenoxy) is 1. The van der Waals surface area contributed by atoms with Crippen molar-refractivity contribution in [1.82, 2.24) is 14.7 Å². The molecule has 31 heavy (non-hydrogen) atoms. The third-order valence-electron chi connectivity index (χ3n) is 5.43. The molecule has 0 radical (unpaired) electrons. The van der Waals surface area contributed by atoms with Crippen LogP contribution in [-0.2, 0) is 10.9 Å². The van der Waals surface area contributed by atoms with Crippen molar-refractivity contribution in [3.63, 3.8) is 0 Å². The minimum atomic E-state index is -4.63. The fraction of sp³-hybridized carbons (Fsp3) is 0.333. The summed E-state index contributed by atoms with van der Waals surface area (Å²) in [5.74, 6) is -0.526. The quantitative estimate of drug-likeness (QED) is 0.627. The topological polar surface area (TPSA) is 75.9 Å². The zero-order valence-electron chi connectivity index (χ0n) is 16.2. The first-order chi connectivity index (χ1) is 14.7. The van der Waals surface area contributed by atoms with Gasteiger partial charge in [-0.1, -0.05) is 23.7 Å². The molecule has 0 unspecified atom stereocenters. The van der Waals surface area contributed by atoms with Crippen LogP contribution in [0.4, 0.5) is 13.2 Å². The fourth-order valence-electron chi connectivity index (χ4n) is 3.68. The first-order valence-electron chi connectivity index (χ1n) is 9.59. The summed E-state index contributed by atoms with van der Waals surface area (Å²) in [6, 6.07) is 8.58. The van der Waals surface area contributed by atoms with Crippen LogP contribution >= 0.6 is 11.6 Å². The van der Waals surface area contributed by atoms with E-state index >= 15 is 0 Å². The molecule has 1 aromatic carbocycles. The minimum absolute atomic E-state index is 0.00780. The normalized spacial score (nSPS) is 16.4. The molecule has 1 fully saturated rings. The molecule has 6 nitrogen and oxygen atoms in total. The van der Waals surface area contributed by atoms with Crippen molar-refractivity contribution in [2.75, 3.05) is 19.8 Å². The largest absolute Gasteiger partial charge is 0.417 e. The molecule has 4 rings (SSSR count). The zero-order valence-corrected chi connectivity index (χ0v) is 17.0. The molecule has 3 heterocycles. The van der Waals surface area contributed by atoms with Crippen LogP contribution in [0.2, 0.25) is 5.02 Å². The number of benzene rings is 1. The fourth-order valence-corrected chi connectivity index (χ4v) is 3.91. The molecule has 1 amide bonds. The first-order valence-corrected chi connectivity index (χ1v) is 9.97. The molecule has 2 aromatic heterocycles. The van der Waals surface area contributed by atoms with E-state index in [9.17, 15) is 23.1 Å². The van der Waals surface area contributed by atoms with Crippen LogP contribution in [0.15, 0.2) is 42.6 Å². The van der Waals surface area contributed by atoms with Crippen LogP contribution in [0, 0.1) is 0 Å². The van der Waals surface area contributed by atoms with Gasteiger partial charge in [0.05, 0.1) is 33.9 Å². The molecule has 3 aromatic rings. The number of amides is 1. The van der Waals surface area contributed by atoms with Crippen LogP contribution < -0.4 is 5.32 Å². The Morgan fingerprint density at radius 1 is 1.26 bits per heavy atom. The van der Waals surface area contributed by atoms with E-state index in [1.807, 2.05) is 0 Å². The number of rotatable bonds is 4. The third-order valence-corrected chi connectivity index (χ3v) is 5.76. The highest BCUT2D eigenvalue weighted by atomic mass is 35.5. The van der Waals surface area contributed by atoms with Crippen LogP contribution in [0.25, 0.3) is 16.8 Å². The van der Waals surface area contributed by atoms with Crippen LogP contribution in [-0.4, -0.2) is 45.8 Å². The number of hydrogen-bond donors (Lipinski definition) is 2. The van der Waals surface area contributed by atoms with Crippen molar-refractivity contribution >= 4 is 23.0 Å². The summed E-state index contributed by atoms with van der Waals surface area (Å²) in [5.41, 5.74) is -0.940. The van der Waals surface area contributed by atoms with Gasteiger partial charge >= 0.3 is 6.18 Å². The van der Waals surface area contributed by atoms with Gasteiger partial charge in [-0.2, -0.15) is 13.2 Å². The Bertz CT molecular complexity index is 1120. The van der Waals surface area contributed by atoms with Crippen LogP contribution in [0.5, 0.6) is 0 Å². The highest BCUT2D eigenvalue weighted by Crippen LogP contribution is 2.38. The summed E-state index contributed by atoms with van der Waals surface area (Å²) in [5, 5.41) is 12.3. The molecule has 0 aliphatic carbocycles. The van der Waals surface area contributed by atoms with E-state index in [1.165, 1.54) is 10.5 Å². The SMILES string of the molecule is O=C(NC1(CO)CCOCC1)c1nc(-c2ccc(Cl)c(C(F)(F)F)c2)c2ccccn12. The molecule has 10 heteroatoms. The standard InChI is InChI=1S/C21H19ClF3N3O3/c22-15-5-4-13(11-14(15)21(23,24)25)17-16-3-1-2-8-28(16)18(26-17)19(30)27-20(12-29)6-9-31-10-7-20/h1-5,8,11,29H,6-7,9-10,12H2,(H,27,30). The Balaban J connectivity index is 1.78. The number of hydrogen-bond acceptors (Lipinski definition) is 4. The molecule has 2 N–H and O–H groups in total. The van der Waals surface area contributed by atoms with Crippen molar-refractivity contribution < 1.29 is 27.8 Å². The van der Waals surface area contributed by atoms with E-state index in [0.717, 1.165) is 12.1 Å². The molecule has 1 saturated heterocycles. The molecule has 164 valence electrons.